The molecule has 1 aromatic rings. The van der Waals surface area contributed by atoms with E-state index in [-0.39, 0.29) is 11.7 Å². The molecule has 1 N–H and O–H groups in total. The van der Waals surface area contributed by atoms with E-state index in [9.17, 15) is 13.2 Å². The first-order valence-electron chi connectivity index (χ1n) is 10.0. The van der Waals surface area contributed by atoms with Gasteiger partial charge in [0, 0.05) is 44.0 Å². The molecule has 158 valence electrons. The smallest absolute Gasteiger partial charge is 0.232 e. The Morgan fingerprint density at radius 3 is 2.36 bits per heavy atom. The summed E-state index contributed by atoms with van der Waals surface area (Å²) in [5.74, 6) is 0.801. The van der Waals surface area contributed by atoms with Crippen LogP contribution in [-0.2, 0) is 21.4 Å². The number of carbonyl (C=O) groups is 1. The van der Waals surface area contributed by atoms with Crippen molar-refractivity contribution in [3.63, 3.8) is 0 Å². The standard InChI is InChI=1S/C21H35N3O3S/c1-7-12-28(26,27)22-18-10-11-19(23(5)6)17(13-18)15-24(14-16-8-9-16)20(25)21(2,3)4/h10-11,13,16,22H,7-9,12,14-15H2,1-6H3. The van der Waals surface area contributed by atoms with Gasteiger partial charge in [0.2, 0.25) is 15.9 Å². The second-order valence-electron chi connectivity index (χ2n) is 9.04. The van der Waals surface area contributed by atoms with Crippen molar-refractivity contribution >= 4 is 27.3 Å². The average Bonchev–Trinajstić information content (AvgIpc) is 3.36. The predicted molar refractivity (Wildman–Crippen MR) is 116 cm³/mol. The van der Waals surface area contributed by atoms with Gasteiger partial charge in [0.05, 0.1) is 5.75 Å². The average molecular weight is 410 g/mol. The molecule has 1 aliphatic carbocycles. The van der Waals surface area contributed by atoms with E-state index in [2.05, 4.69) is 4.72 Å². The molecule has 0 aromatic heterocycles. The normalized spacial score (nSPS) is 14.6. The first kappa shape index (κ1) is 22.5. The maximum atomic E-state index is 13.0. The Morgan fingerprint density at radius 1 is 1.21 bits per heavy atom. The van der Waals surface area contributed by atoms with Crippen molar-refractivity contribution in [2.45, 2.75) is 53.5 Å². The van der Waals surface area contributed by atoms with Crippen molar-refractivity contribution in [2.75, 3.05) is 36.0 Å². The third-order valence-electron chi connectivity index (χ3n) is 4.77. The van der Waals surface area contributed by atoms with E-state index in [1.54, 1.807) is 6.07 Å². The largest absolute Gasteiger partial charge is 0.377 e. The van der Waals surface area contributed by atoms with E-state index >= 15 is 0 Å². The third-order valence-corrected chi connectivity index (χ3v) is 6.27. The summed E-state index contributed by atoms with van der Waals surface area (Å²) in [5.41, 5.74) is 2.03. The molecule has 0 heterocycles. The monoisotopic (exact) mass is 409 g/mol. The molecule has 28 heavy (non-hydrogen) atoms. The second kappa shape index (κ2) is 8.72. The Balaban J connectivity index is 2.33. The summed E-state index contributed by atoms with van der Waals surface area (Å²) < 4.78 is 27.0. The Hall–Kier alpha value is -1.76. The van der Waals surface area contributed by atoms with Crippen molar-refractivity contribution in [1.29, 1.82) is 0 Å². The first-order chi connectivity index (χ1) is 12.9. The second-order valence-corrected chi connectivity index (χ2v) is 10.9. The van der Waals surface area contributed by atoms with Gasteiger partial charge in [0.25, 0.3) is 0 Å². The fraction of sp³-hybridized carbons (Fsp3) is 0.667. The van der Waals surface area contributed by atoms with Gasteiger partial charge in [-0.2, -0.15) is 0 Å². The molecule has 0 aliphatic heterocycles. The molecule has 0 unspecified atom stereocenters. The summed E-state index contributed by atoms with van der Waals surface area (Å²) in [6.07, 6.45) is 2.91. The first-order valence-corrected chi connectivity index (χ1v) is 11.7. The Labute approximate surface area is 170 Å². The minimum Gasteiger partial charge on any atom is -0.377 e. The van der Waals surface area contributed by atoms with Gasteiger partial charge in [0.1, 0.15) is 0 Å². The van der Waals surface area contributed by atoms with Crippen molar-refractivity contribution in [3.8, 4) is 0 Å². The van der Waals surface area contributed by atoms with Crippen molar-refractivity contribution in [1.82, 2.24) is 4.90 Å². The summed E-state index contributed by atoms with van der Waals surface area (Å²) >= 11 is 0. The van der Waals surface area contributed by atoms with Crippen LogP contribution in [0.3, 0.4) is 0 Å². The highest BCUT2D eigenvalue weighted by Crippen LogP contribution is 2.33. The fourth-order valence-corrected chi connectivity index (χ4v) is 4.35. The molecule has 0 bridgehead atoms. The zero-order chi connectivity index (χ0) is 21.1. The van der Waals surface area contributed by atoms with Gasteiger partial charge < -0.3 is 9.80 Å². The van der Waals surface area contributed by atoms with Gasteiger partial charge in [-0.1, -0.05) is 27.7 Å². The summed E-state index contributed by atoms with van der Waals surface area (Å²) in [6, 6.07) is 5.55. The number of benzene rings is 1. The van der Waals surface area contributed by atoms with E-state index in [1.807, 2.05) is 63.7 Å². The highest BCUT2D eigenvalue weighted by atomic mass is 32.2. The minimum atomic E-state index is -3.36. The van der Waals surface area contributed by atoms with E-state index in [0.29, 0.717) is 24.6 Å². The van der Waals surface area contributed by atoms with E-state index in [1.165, 1.54) is 12.8 Å². The summed E-state index contributed by atoms with van der Waals surface area (Å²) in [4.78, 5) is 16.9. The van der Waals surface area contributed by atoms with Gasteiger partial charge in [0.15, 0.2) is 0 Å². The number of nitrogens with zero attached hydrogens (tertiary/aromatic N) is 2. The fourth-order valence-electron chi connectivity index (χ4n) is 3.22. The lowest BCUT2D eigenvalue weighted by atomic mass is 9.94. The number of carbonyl (C=O) groups excluding carboxylic acids is 1. The number of anilines is 2. The Kier molecular flexibility index (Phi) is 7.02. The van der Waals surface area contributed by atoms with Gasteiger partial charge in [-0.25, -0.2) is 8.42 Å². The van der Waals surface area contributed by atoms with Gasteiger partial charge >= 0.3 is 0 Å². The predicted octanol–water partition coefficient (Wildman–Crippen LogP) is 3.69. The highest BCUT2D eigenvalue weighted by Gasteiger charge is 2.32. The number of sulfonamides is 1. The van der Waals surface area contributed by atoms with Crippen LogP contribution in [0.25, 0.3) is 0 Å². The summed E-state index contributed by atoms with van der Waals surface area (Å²) in [5, 5.41) is 0. The molecule has 1 fully saturated rings. The van der Waals surface area contributed by atoms with Gasteiger partial charge in [-0.3, -0.25) is 9.52 Å². The molecule has 0 spiro atoms. The molecule has 0 radical (unpaired) electrons. The number of nitrogens with one attached hydrogen (secondary N) is 1. The van der Waals surface area contributed by atoms with Crippen LogP contribution in [0, 0.1) is 11.3 Å². The molecule has 2 rings (SSSR count). The van der Waals surface area contributed by atoms with Crippen LogP contribution in [0.1, 0.15) is 52.5 Å². The van der Waals surface area contributed by atoms with Crippen LogP contribution in [-0.4, -0.2) is 45.6 Å². The molecule has 0 atom stereocenters. The quantitative estimate of drug-likeness (QED) is 0.675. The number of amides is 1. The molecule has 1 amide bonds. The van der Waals surface area contributed by atoms with E-state index < -0.39 is 15.4 Å². The molecular formula is C21H35N3O3S. The summed E-state index contributed by atoms with van der Waals surface area (Å²) in [6.45, 7) is 8.90. The maximum absolute atomic E-state index is 13.0. The van der Waals surface area contributed by atoms with Crippen molar-refractivity contribution in [3.05, 3.63) is 23.8 Å². The maximum Gasteiger partial charge on any atom is 0.232 e. The van der Waals surface area contributed by atoms with Gasteiger partial charge in [-0.05, 0) is 48.9 Å². The molecule has 1 aromatic carbocycles. The van der Waals surface area contributed by atoms with E-state index in [4.69, 9.17) is 0 Å². The van der Waals surface area contributed by atoms with Crippen molar-refractivity contribution < 1.29 is 13.2 Å². The summed E-state index contributed by atoms with van der Waals surface area (Å²) in [7, 11) is 0.554. The highest BCUT2D eigenvalue weighted by molar-refractivity contribution is 7.92. The number of hydrogen-bond donors (Lipinski definition) is 1. The van der Waals surface area contributed by atoms with Gasteiger partial charge in [-0.15, -0.1) is 0 Å². The van der Waals surface area contributed by atoms with Crippen LogP contribution in [0.15, 0.2) is 18.2 Å². The lowest BCUT2D eigenvalue weighted by Gasteiger charge is -2.31. The number of hydrogen-bond acceptors (Lipinski definition) is 4. The molecule has 1 saturated carbocycles. The Morgan fingerprint density at radius 2 is 1.86 bits per heavy atom. The number of rotatable bonds is 9. The van der Waals surface area contributed by atoms with Crippen LogP contribution < -0.4 is 9.62 Å². The molecule has 6 nitrogen and oxygen atoms in total. The minimum absolute atomic E-state index is 0.0913. The Bertz CT molecular complexity index is 794. The van der Waals surface area contributed by atoms with Crippen LogP contribution in [0.5, 0.6) is 0 Å². The van der Waals surface area contributed by atoms with E-state index in [0.717, 1.165) is 17.8 Å². The third kappa shape index (κ3) is 6.40. The lowest BCUT2D eigenvalue weighted by molar-refractivity contribution is -0.140. The molecule has 7 heteroatoms. The van der Waals surface area contributed by atoms with Crippen molar-refractivity contribution in [2.24, 2.45) is 11.3 Å². The van der Waals surface area contributed by atoms with Crippen LogP contribution in [0.2, 0.25) is 0 Å². The molecular weight excluding hydrogens is 374 g/mol. The lowest BCUT2D eigenvalue weighted by Crippen LogP contribution is -2.40. The molecule has 1 aliphatic rings. The van der Waals surface area contributed by atoms with Crippen LogP contribution >= 0.6 is 0 Å². The SMILES string of the molecule is CCCS(=O)(=O)Nc1ccc(N(C)C)c(CN(CC2CC2)C(=O)C(C)(C)C)c1. The topological polar surface area (TPSA) is 69.7 Å². The van der Waals surface area contributed by atoms with Crippen LogP contribution in [0.4, 0.5) is 11.4 Å². The zero-order valence-electron chi connectivity index (χ0n) is 18.1. The molecule has 0 saturated heterocycles. The zero-order valence-corrected chi connectivity index (χ0v) is 18.9.